The van der Waals surface area contributed by atoms with Crippen molar-refractivity contribution in [2.24, 2.45) is 0 Å². The van der Waals surface area contributed by atoms with E-state index in [9.17, 15) is 14.0 Å². The largest absolute Gasteiger partial charge is 0.461 e. The topological polar surface area (TPSA) is 115 Å². The Morgan fingerprint density at radius 3 is 2.84 bits per heavy atom. The van der Waals surface area contributed by atoms with Crippen LogP contribution in [-0.4, -0.2) is 45.0 Å². The molecule has 1 saturated heterocycles. The van der Waals surface area contributed by atoms with Crippen LogP contribution in [0.5, 0.6) is 6.01 Å². The maximum absolute atomic E-state index is 13.9. The standard InChI is InChI=1S/C22H18FN5O3/c23-12-1-2-14-16(11-12)18-15(4-8-25-21(18)30)20-19(14)26-22(27-20)31-13-5-9-28(10-6-13)17(29)3-7-24/h1-2,4,8,11,13H,3,5-6,9-10H2,(H,25,30)(H,26,27). The van der Waals surface area contributed by atoms with Crippen molar-refractivity contribution in [3.63, 3.8) is 0 Å². The lowest BCUT2D eigenvalue weighted by molar-refractivity contribution is -0.131. The van der Waals surface area contributed by atoms with Crippen molar-refractivity contribution in [3.8, 4) is 12.1 Å². The number of aromatic nitrogens is 3. The normalized spacial score (nSPS) is 14.9. The minimum absolute atomic E-state index is 0.116. The highest BCUT2D eigenvalue weighted by molar-refractivity contribution is 6.23. The molecule has 31 heavy (non-hydrogen) atoms. The molecule has 156 valence electrons. The molecule has 3 heterocycles. The van der Waals surface area contributed by atoms with Gasteiger partial charge < -0.3 is 19.6 Å². The monoisotopic (exact) mass is 419 g/mol. The third kappa shape index (κ3) is 3.26. The number of benzene rings is 2. The molecule has 0 atom stereocenters. The van der Waals surface area contributed by atoms with Gasteiger partial charge in [-0.05, 0) is 24.3 Å². The minimum Gasteiger partial charge on any atom is -0.461 e. The molecular weight excluding hydrogens is 401 g/mol. The Balaban J connectivity index is 1.51. The second-order valence-corrected chi connectivity index (χ2v) is 7.58. The number of nitriles is 1. The van der Waals surface area contributed by atoms with Gasteiger partial charge in [-0.3, -0.25) is 9.59 Å². The number of H-pyrrole nitrogens is 2. The zero-order valence-electron chi connectivity index (χ0n) is 16.4. The van der Waals surface area contributed by atoms with E-state index in [1.165, 1.54) is 12.1 Å². The van der Waals surface area contributed by atoms with Gasteiger partial charge >= 0.3 is 0 Å². The number of halogens is 1. The van der Waals surface area contributed by atoms with E-state index in [1.54, 1.807) is 23.2 Å². The van der Waals surface area contributed by atoms with Crippen molar-refractivity contribution in [3.05, 3.63) is 46.6 Å². The Morgan fingerprint density at radius 2 is 2.06 bits per heavy atom. The molecule has 0 saturated carbocycles. The summed E-state index contributed by atoms with van der Waals surface area (Å²) in [4.78, 5) is 36.5. The number of carbonyl (C=O) groups excluding carboxylic acids is 1. The SMILES string of the molecule is N#CCC(=O)N1CCC(Oc2nc3c4ccc(F)cc4c4c(=O)[nH]ccc4c3[nH]2)CC1. The van der Waals surface area contributed by atoms with Crippen LogP contribution < -0.4 is 10.3 Å². The number of pyridine rings is 1. The van der Waals surface area contributed by atoms with Gasteiger partial charge in [-0.2, -0.15) is 10.2 Å². The van der Waals surface area contributed by atoms with Crippen molar-refractivity contribution < 1.29 is 13.9 Å². The first kappa shape index (κ1) is 19.1. The molecule has 0 aliphatic carbocycles. The number of amides is 1. The zero-order valence-corrected chi connectivity index (χ0v) is 16.4. The van der Waals surface area contributed by atoms with Crippen LogP contribution in [0, 0.1) is 17.1 Å². The number of rotatable bonds is 3. The van der Waals surface area contributed by atoms with Crippen molar-refractivity contribution in [2.45, 2.75) is 25.4 Å². The maximum Gasteiger partial charge on any atom is 0.294 e. The first-order chi connectivity index (χ1) is 15.0. The molecule has 1 aliphatic rings. The number of carbonyl (C=O) groups is 1. The van der Waals surface area contributed by atoms with Crippen LogP contribution in [0.4, 0.5) is 4.39 Å². The summed E-state index contributed by atoms with van der Waals surface area (Å²) in [7, 11) is 0. The summed E-state index contributed by atoms with van der Waals surface area (Å²) in [5.41, 5.74) is 0.947. The highest BCUT2D eigenvalue weighted by atomic mass is 19.1. The second-order valence-electron chi connectivity index (χ2n) is 7.58. The number of hydrogen-bond acceptors (Lipinski definition) is 5. The number of piperidine rings is 1. The molecule has 0 bridgehead atoms. The summed E-state index contributed by atoms with van der Waals surface area (Å²) in [5, 5.41) is 10.9. The summed E-state index contributed by atoms with van der Waals surface area (Å²) in [6.45, 7) is 1.04. The van der Waals surface area contributed by atoms with Gasteiger partial charge in [-0.25, -0.2) is 4.39 Å². The third-order valence-electron chi connectivity index (χ3n) is 5.72. The molecule has 9 heteroatoms. The Labute approximate surface area is 175 Å². The van der Waals surface area contributed by atoms with Crippen LogP contribution in [0.25, 0.3) is 32.6 Å². The molecule has 2 aromatic heterocycles. The lowest BCUT2D eigenvalue weighted by Crippen LogP contribution is -2.41. The van der Waals surface area contributed by atoms with Crippen LogP contribution in [0.3, 0.4) is 0 Å². The van der Waals surface area contributed by atoms with E-state index in [1.807, 2.05) is 6.07 Å². The van der Waals surface area contributed by atoms with Crippen LogP contribution in [0.2, 0.25) is 0 Å². The number of ether oxygens (including phenoxy) is 1. The molecule has 8 nitrogen and oxygen atoms in total. The van der Waals surface area contributed by atoms with Gasteiger partial charge in [-0.15, -0.1) is 0 Å². The van der Waals surface area contributed by atoms with Crippen molar-refractivity contribution in [1.29, 1.82) is 5.26 Å². The number of imidazole rings is 1. The molecule has 5 rings (SSSR count). The Hall–Kier alpha value is -3.93. The van der Waals surface area contributed by atoms with Crippen molar-refractivity contribution in [2.75, 3.05) is 13.1 Å². The van der Waals surface area contributed by atoms with E-state index < -0.39 is 5.82 Å². The molecule has 0 radical (unpaired) electrons. The minimum atomic E-state index is -0.430. The molecule has 1 amide bonds. The number of likely N-dealkylation sites (tertiary alicyclic amines) is 1. The number of hydrogen-bond donors (Lipinski definition) is 2. The molecule has 0 spiro atoms. The van der Waals surface area contributed by atoms with Crippen LogP contribution in [0.1, 0.15) is 19.3 Å². The average Bonchev–Trinajstić information content (AvgIpc) is 3.18. The Kier molecular flexibility index (Phi) is 4.55. The van der Waals surface area contributed by atoms with Crippen LogP contribution in [0.15, 0.2) is 35.3 Å². The van der Waals surface area contributed by atoms with Gasteiger partial charge in [0.05, 0.1) is 17.0 Å². The Morgan fingerprint density at radius 1 is 1.26 bits per heavy atom. The Bertz CT molecular complexity index is 1430. The van der Waals surface area contributed by atoms with Crippen LogP contribution in [-0.2, 0) is 4.79 Å². The fourth-order valence-electron chi connectivity index (χ4n) is 4.24. The van der Waals surface area contributed by atoms with E-state index >= 15 is 0 Å². The van der Waals surface area contributed by atoms with E-state index in [0.29, 0.717) is 64.5 Å². The summed E-state index contributed by atoms with van der Waals surface area (Å²) in [6, 6.07) is 8.25. The first-order valence-corrected chi connectivity index (χ1v) is 9.99. The predicted octanol–water partition coefficient (Wildman–Crippen LogP) is 2.98. The number of nitrogens with zero attached hydrogens (tertiary/aromatic N) is 3. The second kappa shape index (κ2) is 7.40. The quantitative estimate of drug-likeness (QED) is 0.496. The fourth-order valence-corrected chi connectivity index (χ4v) is 4.24. The molecule has 1 aliphatic heterocycles. The molecule has 1 fully saturated rings. The van der Waals surface area contributed by atoms with Gasteiger partial charge in [0.2, 0.25) is 5.91 Å². The maximum atomic E-state index is 13.9. The summed E-state index contributed by atoms with van der Waals surface area (Å²) in [5.74, 6) is -0.596. The molecule has 0 unspecified atom stereocenters. The van der Waals surface area contributed by atoms with Crippen molar-refractivity contribution >= 4 is 38.5 Å². The van der Waals surface area contributed by atoms with E-state index in [2.05, 4.69) is 15.0 Å². The van der Waals surface area contributed by atoms with Gasteiger partial charge in [-0.1, -0.05) is 0 Å². The molecule has 2 N–H and O–H groups in total. The number of fused-ring (bicyclic) bond motifs is 6. The van der Waals surface area contributed by atoms with Gasteiger partial charge in [0, 0.05) is 48.3 Å². The highest BCUT2D eigenvalue weighted by Crippen LogP contribution is 2.34. The molecule has 2 aromatic carbocycles. The number of aromatic amines is 2. The summed E-state index contributed by atoms with van der Waals surface area (Å²) >= 11 is 0. The number of nitrogens with one attached hydrogen (secondary N) is 2. The lowest BCUT2D eigenvalue weighted by atomic mass is 10.0. The van der Waals surface area contributed by atoms with Crippen LogP contribution >= 0.6 is 0 Å². The molecular formula is C22H18FN5O3. The first-order valence-electron chi connectivity index (χ1n) is 9.99. The highest BCUT2D eigenvalue weighted by Gasteiger charge is 2.25. The predicted molar refractivity (Wildman–Crippen MR) is 112 cm³/mol. The van der Waals surface area contributed by atoms with E-state index in [0.717, 1.165) is 0 Å². The fraction of sp³-hybridized carbons (Fsp3) is 0.273. The summed E-state index contributed by atoms with van der Waals surface area (Å²) < 4.78 is 20.0. The average molecular weight is 419 g/mol. The lowest BCUT2D eigenvalue weighted by Gasteiger charge is -2.31. The zero-order chi connectivity index (χ0) is 21.5. The van der Waals surface area contributed by atoms with Gasteiger partial charge in [0.15, 0.2) is 0 Å². The van der Waals surface area contributed by atoms with E-state index in [-0.39, 0.29) is 24.0 Å². The van der Waals surface area contributed by atoms with Gasteiger partial charge in [0.1, 0.15) is 23.9 Å². The summed E-state index contributed by atoms with van der Waals surface area (Å²) in [6.07, 6.45) is 2.55. The van der Waals surface area contributed by atoms with E-state index in [4.69, 9.17) is 10.00 Å². The molecule has 4 aromatic rings. The van der Waals surface area contributed by atoms with Gasteiger partial charge in [0.25, 0.3) is 11.6 Å². The van der Waals surface area contributed by atoms with Crippen molar-refractivity contribution in [1.82, 2.24) is 19.9 Å². The smallest absolute Gasteiger partial charge is 0.294 e. The third-order valence-corrected chi connectivity index (χ3v) is 5.72.